The molecule has 0 aliphatic carbocycles. The van der Waals surface area contributed by atoms with Crippen LogP contribution in [0.15, 0.2) is 0 Å². The highest BCUT2D eigenvalue weighted by Gasteiger charge is 2.31. The van der Waals surface area contributed by atoms with Gasteiger partial charge in [0.25, 0.3) is 0 Å². The molecule has 92 valence electrons. The summed E-state index contributed by atoms with van der Waals surface area (Å²) in [5, 5.41) is 1.23. The molecule has 0 radical (unpaired) electrons. The molecule has 0 spiro atoms. The van der Waals surface area contributed by atoms with Gasteiger partial charge in [0, 0.05) is 25.7 Å². The summed E-state index contributed by atoms with van der Waals surface area (Å²) in [6.45, 7) is 4.33. The number of piperazine rings is 1. The van der Waals surface area contributed by atoms with E-state index < -0.39 is 0 Å². The van der Waals surface area contributed by atoms with E-state index in [2.05, 4.69) is 14.8 Å². The molecular formula is C11H14ClN3OS. The minimum absolute atomic E-state index is 0.342. The first-order valence-corrected chi connectivity index (χ1v) is 7.08. The molecule has 0 amide bonds. The van der Waals surface area contributed by atoms with E-state index in [1.807, 2.05) is 0 Å². The number of rotatable bonds is 2. The minimum Gasteiger partial charge on any atom is -0.345 e. The van der Waals surface area contributed by atoms with Crippen molar-refractivity contribution in [3.05, 3.63) is 10.0 Å². The third-order valence-electron chi connectivity index (χ3n) is 3.56. The standard InChI is InChI=1S/C11H14ClN3OS/c12-10-9(7-16)17-11(13-10)15-5-4-14-3-1-2-8(14)6-15/h7-8H,1-6H2. The number of nitrogens with zero attached hydrogens (tertiary/aromatic N) is 3. The van der Waals surface area contributed by atoms with Crippen molar-refractivity contribution >= 4 is 34.4 Å². The number of aromatic nitrogens is 1. The van der Waals surface area contributed by atoms with Crippen LogP contribution >= 0.6 is 22.9 Å². The molecule has 2 saturated heterocycles. The second-order valence-corrected chi connectivity index (χ2v) is 5.91. The Bertz CT molecular complexity index is 436. The second kappa shape index (κ2) is 4.55. The Morgan fingerprint density at radius 2 is 2.29 bits per heavy atom. The van der Waals surface area contributed by atoms with E-state index in [1.54, 1.807) is 0 Å². The smallest absolute Gasteiger partial charge is 0.187 e. The highest BCUT2D eigenvalue weighted by atomic mass is 35.5. The summed E-state index contributed by atoms with van der Waals surface area (Å²) in [6, 6.07) is 0.658. The van der Waals surface area contributed by atoms with Gasteiger partial charge in [0.1, 0.15) is 4.88 Å². The van der Waals surface area contributed by atoms with Gasteiger partial charge in [0.2, 0.25) is 0 Å². The van der Waals surface area contributed by atoms with Crippen molar-refractivity contribution in [2.45, 2.75) is 18.9 Å². The van der Waals surface area contributed by atoms with E-state index in [0.717, 1.165) is 31.1 Å². The number of carbonyl (C=O) groups excluding carboxylic acids is 1. The molecule has 0 N–H and O–H groups in total. The quantitative estimate of drug-likeness (QED) is 0.770. The number of anilines is 1. The Kier molecular flexibility index (Phi) is 3.06. The molecule has 1 unspecified atom stereocenters. The fourth-order valence-electron chi connectivity index (χ4n) is 2.68. The summed E-state index contributed by atoms with van der Waals surface area (Å²) < 4.78 is 0. The summed E-state index contributed by atoms with van der Waals surface area (Å²) >= 11 is 7.30. The Morgan fingerprint density at radius 3 is 3.06 bits per heavy atom. The van der Waals surface area contributed by atoms with Crippen molar-refractivity contribution in [1.29, 1.82) is 0 Å². The van der Waals surface area contributed by atoms with Crippen LogP contribution < -0.4 is 4.90 Å². The van der Waals surface area contributed by atoms with E-state index in [0.29, 0.717) is 16.1 Å². The van der Waals surface area contributed by atoms with Gasteiger partial charge in [-0.2, -0.15) is 0 Å². The predicted molar refractivity (Wildman–Crippen MR) is 69.3 cm³/mol. The zero-order chi connectivity index (χ0) is 11.8. The average molecular weight is 272 g/mol. The van der Waals surface area contributed by atoms with Crippen molar-refractivity contribution in [1.82, 2.24) is 9.88 Å². The van der Waals surface area contributed by atoms with Crippen LogP contribution in [0.2, 0.25) is 5.15 Å². The molecule has 0 saturated carbocycles. The topological polar surface area (TPSA) is 36.4 Å². The van der Waals surface area contributed by atoms with Crippen LogP contribution in [0.25, 0.3) is 0 Å². The van der Waals surface area contributed by atoms with E-state index in [4.69, 9.17) is 11.6 Å². The number of fused-ring (bicyclic) bond motifs is 1. The number of thiazole rings is 1. The van der Waals surface area contributed by atoms with Crippen LogP contribution in [0, 0.1) is 0 Å². The maximum absolute atomic E-state index is 10.8. The number of hydrogen-bond donors (Lipinski definition) is 0. The molecule has 0 aromatic carbocycles. The first-order chi connectivity index (χ1) is 8.28. The van der Waals surface area contributed by atoms with Crippen molar-refractivity contribution in [3.8, 4) is 0 Å². The first-order valence-electron chi connectivity index (χ1n) is 5.88. The molecule has 2 aliphatic heterocycles. The molecule has 1 atom stereocenters. The molecular weight excluding hydrogens is 258 g/mol. The first kappa shape index (κ1) is 11.4. The van der Waals surface area contributed by atoms with Crippen LogP contribution in [0.4, 0.5) is 5.13 Å². The lowest BCUT2D eigenvalue weighted by Gasteiger charge is -2.37. The SMILES string of the molecule is O=Cc1sc(N2CCN3CCCC3C2)nc1Cl. The van der Waals surface area contributed by atoms with Crippen LogP contribution in [0.3, 0.4) is 0 Å². The second-order valence-electron chi connectivity index (χ2n) is 4.55. The molecule has 3 heterocycles. The molecule has 6 heteroatoms. The molecule has 4 nitrogen and oxygen atoms in total. The summed E-state index contributed by atoms with van der Waals surface area (Å²) in [6.07, 6.45) is 3.36. The van der Waals surface area contributed by atoms with Crippen molar-refractivity contribution in [2.24, 2.45) is 0 Å². The molecule has 1 aromatic rings. The Morgan fingerprint density at radius 1 is 1.41 bits per heavy atom. The fourth-order valence-corrected chi connectivity index (χ4v) is 3.77. The van der Waals surface area contributed by atoms with Gasteiger partial charge in [-0.15, -0.1) is 0 Å². The summed E-state index contributed by atoms with van der Waals surface area (Å²) in [7, 11) is 0. The van der Waals surface area contributed by atoms with Crippen LogP contribution in [-0.2, 0) is 0 Å². The lowest BCUT2D eigenvalue weighted by atomic mass is 10.2. The van der Waals surface area contributed by atoms with E-state index >= 15 is 0 Å². The number of halogens is 1. The summed E-state index contributed by atoms with van der Waals surface area (Å²) in [5.41, 5.74) is 0. The van der Waals surface area contributed by atoms with E-state index in [9.17, 15) is 4.79 Å². The van der Waals surface area contributed by atoms with Gasteiger partial charge >= 0.3 is 0 Å². The monoisotopic (exact) mass is 271 g/mol. The third-order valence-corrected chi connectivity index (χ3v) is 5.00. The van der Waals surface area contributed by atoms with Gasteiger partial charge in [-0.05, 0) is 19.4 Å². The van der Waals surface area contributed by atoms with Gasteiger partial charge in [-0.25, -0.2) is 4.98 Å². The zero-order valence-corrected chi connectivity index (χ0v) is 11.0. The van der Waals surface area contributed by atoms with Gasteiger partial charge in [-0.3, -0.25) is 9.69 Å². The minimum atomic E-state index is 0.342. The molecule has 2 fully saturated rings. The van der Waals surface area contributed by atoms with Gasteiger partial charge in [-0.1, -0.05) is 22.9 Å². The molecule has 17 heavy (non-hydrogen) atoms. The van der Waals surface area contributed by atoms with Gasteiger partial charge in [0.05, 0.1) is 0 Å². The van der Waals surface area contributed by atoms with E-state index in [1.165, 1.54) is 30.7 Å². The van der Waals surface area contributed by atoms with Crippen molar-refractivity contribution in [2.75, 3.05) is 31.1 Å². The van der Waals surface area contributed by atoms with Crippen LogP contribution in [0.5, 0.6) is 0 Å². The van der Waals surface area contributed by atoms with Crippen molar-refractivity contribution in [3.63, 3.8) is 0 Å². The average Bonchev–Trinajstić information content (AvgIpc) is 2.93. The Hall–Kier alpha value is -0.650. The summed E-state index contributed by atoms with van der Waals surface area (Å²) in [5.74, 6) is 0. The van der Waals surface area contributed by atoms with Crippen LogP contribution in [-0.4, -0.2) is 48.4 Å². The maximum Gasteiger partial charge on any atom is 0.187 e. The maximum atomic E-state index is 10.8. The van der Waals surface area contributed by atoms with Gasteiger partial charge in [0.15, 0.2) is 16.6 Å². The normalized spacial score (nSPS) is 25.0. The molecule has 0 bridgehead atoms. The Labute approximate surface area is 109 Å². The molecule has 2 aliphatic rings. The lowest BCUT2D eigenvalue weighted by molar-refractivity contribution is 0.112. The lowest BCUT2D eigenvalue weighted by Crippen LogP contribution is -2.50. The third kappa shape index (κ3) is 2.07. The van der Waals surface area contributed by atoms with Gasteiger partial charge < -0.3 is 4.90 Å². The van der Waals surface area contributed by atoms with E-state index in [-0.39, 0.29) is 0 Å². The number of aldehydes is 1. The number of carbonyl (C=O) groups is 1. The largest absolute Gasteiger partial charge is 0.345 e. The molecule has 1 aromatic heterocycles. The van der Waals surface area contributed by atoms with Crippen molar-refractivity contribution < 1.29 is 4.79 Å². The highest BCUT2D eigenvalue weighted by Crippen LogP contribution is 2.31. The number of hydrogen-bond acceptors (Lipinski definition) is 5. The summed E-state index contributed by atoms with van der Waals surface area (Å²) in [4.78, 5) is 20.4. The Balaban J connectivity index is 1.77. The highest BCUT2D eigenvalue weighted by molar-refractivity contribution is 7.17. The zero-order valence-electron chi connectivity index (χ0n) is 9.43. The molecule has 3 rings (SSSR count). The van der Waals surface area contributed by atoms with Crippen LogP contribution in [0.1, 0.15) is 22.5 Å². The predicted octanol–water partition coefficient (Wildman–Crippen LogP) is 1.89. The fraction of sp³-hybridized carbons (Fsp3) is 0.636.